The predicted molar refractivity (Wildman–Crippen MR) is 119 cm³/mol. The molecule has 2 aromatic rings. The molecule has 0 aliphatic heterocycles. The van der Waals surface area contributed by atoms with Crippen LogP contribution in [0.1, 0.15) is 75.8 Å². The van der Waals surface area contributed by atoms with Crippen LogP contribution in [0.5, 0.6) is 5.75 Å². The first-order chi connectivity index (χ1) is 14.2. The summed E-state index contributed by atoms with van der Waals surface area (Å²) >= 11 is 0. The molecule has 0 spiro atoms. The van der Waals surface area contributed by atoms with Gasteiger partial charge in [0.2, 0.25) is 0 Å². The largest absolute Gasteiger partial charge is 0.465 e. The van der Waals surface area contributed by atoms with Gasteiger partial charge in [0, 0.05) is 0 Å². The van der Waals surface area contributed by atoms with E-state index in [2.05, 4.69) is 56.3 Å². The highest BCUT2D eigenvalue weighted by atomic mass is 16.7. The van der Waals surface area contributed by atoms with Crippen molar-refractivity contribution in [2.24, 2.45) is 0 Å². The first kappa shape index (κ1) is 21.9. The van der Waals surface area contributed by atoms with E-state index < -0.39 is 0 Å². The second kappa shape index (κ2) is 11.4. The molecule has 2 aromatic carbocycles. The van der Waals surface area contributed by atoms with Crippen LogP contribution in [0, 0.1) is 0 Å². The quantitative estimate of drug-likeness (QED) is 0.331. The van der Waals surface area contributed by atoms with Crippen LogP contribution in [-0.2, 0) is 9.47 Å². The van der Waals surface area contributed by atoms with Crippen molar-refractivity contribution < 1.29 is 14.2 Å². The summed E-state index contributed by atoms with van der Waals surface area (Å²) in [5, 5.41) is 0. The molecule has 0 aromatic heterocycles. The van der Waals surface area contributed by atoms with Crippen LogP contribution in [0.4, 0.5) is 0 Å². The zero-order valence-corrected chi connectivity index (χ0v) is 18.2. The Kier molecular flexibility index (Phi) is 8.57. The van der Waals surface area contributed by atoms with E-state index in [1.807, 2.05) is 19.1 Å². The lowest BCUT2D eigenvalue weighted by atomic mass is 9.83. The summed E-state index contributed by atoms with van der Waals surface area (Å²) in [6, 6.07) is 19.2. The van der Waals surface area contributed by atoms with E-state index in [1.54, 1.807) is 0 Å². The van der Waals surface area contributed by atoms with Gasteiger partial charge in [-0.15, -0.1) is 0 Å². The first-order valence-corrected chi connectivity index (χ1v) is 11.2. The smallest absolute Gasteiger partial charge is 0.197 e. The van der Waals surface area contributed by atoms with Gasteiger partial charge in [0.25, 0.3) is 0 Å². The SMILES string of the molecule is CCC(C)c1ccc(OC(C)OCCOC2CCC(c3ccccc3)CC2)cc1. The van der Waals surface area contributed by atoms with E-state index in [9.17, 15) is 0 Å². The van der Waals surface area contributed by atoms with Crippen molar-refractivity contribution in [3.8, 4) is 5.75 Å². The number of benzene rings is 2. The monoisotopic (exact) mass is 396 g/mol. The van der Waals surface area contributed by atoms with Gasteiger partial charge in [-0.1, -0.05) is 56.3 Å². The van der Waals surface area contributed by atoms with Gasteiger partial charge in [-0.25, -0.2) is 0 Å². The third-order valence-electron chi connectivity index (χ3n) is 6.10. The van der Waals surface area contributed by atoms with Crippen molar-refractivity contribution in [3.05, 3.63) is 65.7 Å². The van der Waals surface area contributed by atoms with Crippen molar-refractivity contribution in [3.63, 3.8) is 0 Å². The fraction of sp³-hybridized carbons (Fsp3) is 0.538. The average Bonchev–Trinajstić information content (AvgIpc) is 2.78. The molecule has 1 aliphatic carbocycles. The number of hydrogen-bond acceptors (Lipinski definition) is 3. The van der Waals surface area contributed by atoms with E-state index in [0.29, 0.717) is 31.2 Å². The van der Waals surface area contributed by atoms with Crippen molar-refractivity contribution in [2.75, 3.05) is 13.2 Å². The first-order valence-electron chi connectivity index (χ1n) is 11.2. The Morgan fingerprint density at radius 1 is 0.862 bits per heavy atom. The Balaban J connectivity index is 1.29. The molecule has 1 aliphatic rings. The van der Waals surface area contributed by atoms with E-state index in [-0.39, 0.29) is 6.29 Å². The predicted octanol–water partition coefficient (Wildman–Crippen LogP) is 6.68. The molecule has 0 amide bonds. The zero-order valence-electron chi connectivity index (χ0n) is 18.2. The molecule has 3 heteroatoms. The van der Waals surface area contributed by atoms with Crippen LogP contribution in [0.25, 0.3) is 0 Å². The molecule has 0 N–H and O–H groups in total. The Hall–Kier alpha value is -1.84. The van der Waals surface area contributed by atoms with Gasteiger partial charge >= 0.3 is 0 Å². The normalized spacial score (nSPS) is 21.5. The van der Waals surface area contributed by atoms with Crippen molar-refractivity contribution in [1.82, 2.24) is 0 Å². The second-order valence-electron chi connectivity index (χ2n) is 8.19. The van der Waals surface area contributed by atoms with Crippen LogP contribution < -0.4 is 4.74 Å². The summed E-state index contributed by atoms with van der Waals surface area (Å²) in [6.07, 6.45) is 5.92. The van der Waals surface area contributed by atoms with Gasteiger partial charge in [-0.2, -0.15) is 0 Å². The Morgan fingerprint density at radius 3 is 2.21 bits per heavy atom. The Labute approximate surface area is 176 Å². The molecule has 2 unspecified atom stereocenters. The lowest BCUT2D eigenvalue weighted by molar-refractivity contribution is -0.0944. The Morgan fingerprint density at radius 2 is 1.55 bits per heavy atom. The summed E-state index contributed by atoms with van der Waals surface area (Å²) in [5.41, 5.74) is 2.82. The molecule has 0 saturated heterocycles. The standard InChI is InChI=1S/C26H36O3/c1-4-20(2)22-10-16-26(17-11-22)29-21(3)27-18-19-28-25-14-12-24(13-15-25)23-8-6-5-7-9-23/h5-11,16-17,20-21,24-25H,4,12-15,18-19H2,1-3H3. The van der Waals surface area contributed by atoms with Crippen molar-refractivity contribution >= 4 is 0 Å². The number of rotatable bonds is 10. The molecule has 0 radical (unpaired) electrons. The van der Waals surface area contributed by atoms with Crippen LogP contribution in [0.15, 0.2) is 54.6 Å². The summed E-state index contributed by atoms with van der Waals surface area (Å²) in [4.78, 5) is 0. The van der Waals surface area contributed by atoms with Gasteiger partial charge in [0.1, 0.15) is 5.75 Å². The third-order valence-corrected chi connectivity index (χ3v) is 6.10. The summed E-state index contributed by atoms with van der Waals surface area (Å²) in [7, 11) is 0. The fourth-order valence-electron chi connectivity index (χ4n) is 4.05. The zero-order chi connectivity index (χ0) is 20.5. The molecule has 158 valence electrons. The highest BCUT2D eigenvalue weighted by Gasteiger charge is 2.22. The van der Waals surface area contributed by atoms with E-state index >= 15 is 0 Å². The van der Waals surface area contributed by atoms with E-state index in [4.69, 9.17) is 14.2 Å². The maximum atomic E-state index is 6.04. The molecule has 0 bridgehead atoms. The van der Waals surface area contributed by atoms with Gasteiger partial charge in [-0.05, 0) is 74.1 Å². The number of ether oxygens (including phenoxy) is 3. The lowest BCUT2D eigenvalue weighted by Gasteiger charge is -2.29. The van der Waals surface area contributed by atoms with Gasteiger partial charge in [-0.3, -0.25) is 0 Å². The highest BCUT2D eigenvalue weighted by Crippen LogP contribution is 2.33. The fourth-order valence-corrected chi connectivity index (χ4v) is 4.05. The summed E-state index contributed by atoms with van der Waals surface area (Å²) in [6.45, 7) is 7.58. The minimum Gasteiger partial charge on any atom is -0.465 e. The second-order valence-corrected chi connectivity index (χ2v) is 8.19. The molecular formula is C26H36O3. The minimum absolute atomic E-state index is 0.276. The molecule has 29 heavy (non-hydrogen) atoms. The van der Waals surface area contributed by atoms with Gasteiger partial charge < -0.3 is 14.2 Å². The molecule has 3 rings (SSSR count). The van der Waals surface area contributed by atoms with Gasteiger partial charge in [0.05, 0.1) is 19.3 Å². The molecule has 1 saturated carbocycles. The van der Waals surface area contributed by atoms with Crippen LogP contribution >= 0.6 is 0 Å². The van der Waals surface area contributed by atoms with E-state index in [1.165, 1.54) is 24.0 Å². The van der Waals surface area contributed by atoms with Crippen molar-refractivity contribution in [1.29, 1.82) is 0 Å². The van der Waals surface area contributed by atoms with Crippen LogP contribution in [0.3, 0.4) is 0 Å². The minimum atomic E-state index is -0.276. The van der Waals surface area contributed by atoms with E-state index in [0.717, 1.165) is 25.0 Å². The van der Waals surface area contributed by atoms with Crippen LogP contribution in [-0.4, -0.2) is 25.6 Å². The molecule has 3 nitrogen and oxygen atoms in total. The maximum Gasteiger partial charge on any atom is 0.197 e. The Bertz CT molecular complexity index is 690. The van der Waals surface area contributed by atoms with Gasteiger partial charge in [0.15, 0.2) is 6.29 Å². The lowest BCUT2D eigenvalue weighted by Crippen LogP contribution is -2.24. The molecule has 0 heterocycles. The summed E-state index contributed by atoms with van der Waals surface area (Å²) < 4.78 is 17.7. The third kappa shape index (κ3) is 6.87. The topological polar surface area (TPSA) is 27.7 Å². The highest BCUT2D eigenvalue weighted by molar-refractivity contribution is 5.29. The average molecular weight is 397 g/mol. The summed E-state index contributed by atoms with van der Waals surface area (Å²) in [5.74, 6) is 2.12. The molecular weight excluding hydrogens is 360 g/mol. The van der Waals surface area contributed by atoms with Crippen molar-refractivity contribution in [2.45, 2.75) is 77.1 Å². The molecule has 1 fully saturated rings. The van der Waals surface area contributed by atoms with Crippen LogP contribution in [0.2, 0.25) is 0 Å². The molecule has 2 atom stereocenters. The maximum absolute atomic E-state index is 6.04. The number of hydrogen-bond donors (Lipinski definition) is 0.